The summed E-state index contributed by atoms with van der Waals surface area (Å²) in [5.41, 5.74) is 2.31. The van der Waals surface area contributed by atoms with Crippen molar-refractivity contribution in [2.24, 2.45) is 0 Å². The lowest BCUT2D eigenvalue weighted by Gasteiger charge is -2.14. The van der Waals surface area contributed by atoms with Gasteiger partial charge in [-0.1, -0.05) is 12.1 Å². The van der Waals surface area contributed by atoms with Crippen molar-refractivity contribution in [1.29, 1.82) is 0 Å². The first-order chi connectivity index (χ1) is 9.72. The lowest BCUT2D eigenvalue weighted by molar-refractivity contribution is 0.173. The van der Waals surface area contributed by atoms with Crippen molar-refractivity contribution in [1.82, 2.24) is 15.1 Å². The largest absolute Gasteiger partial charge is 0.454 e. The molecule has 0 saturated heterocycles. The predicted molar refractivity (Wildman–Crippen MR) is 75.8 cm³/mol. The number of nitrogens with zero attached hydrogens (tertiary/aromatic N) is 2. The molecule has 0 amide bonds. The van der Waals surface area contributed by atoms with E-state index in [-0.39, 0.29) is 0 Å². The highest BCUT2D eigenvalue weighted by Gasteiger charge is 2.17. The van der Waals surface area contributed by atoms with Crippen molar-refractivity contribution < 1.29 is 9.47 Å². The molecule has 0 radical (unpaired) electrons. The molecule has 5 heteroatoms. The van der Waals surface area contributed by atoms with Gasteiger partial charge in [-0.25, -0.2) is 0 Å². The van der Waals surface area contributed by atoms with Crippen LogP contribution in [0.15, 0.2) is 30.6 Å². The van der Waals surface area contributed by atoms with Crippen molar-refractivity contribution in [2.45, 2.75) is 33.0 Å². The van der Waals surface area contributed by atoms with E-state index in [1.165, 1.54) is 5.56 Å². The second kappa shape index (κ2) is 5.54. The zero-order valence-corrected chi connectivity index (χ0v) is 11.8. The maximum Gasteiger partial charge on any atom is 0.231 e. The number of hydrogen-bond donors (Lipinski definition) is 1. The van der Waals surface area contributed by atoms with Gasteiger partial charge in [-0.05, 0) is 25.5 Å². The van der Waals surface area contributed by atoms with Crippen molar-refractivity contribution in [3.63, 3.8) is 0 Å². The van der Waals surface area contributed by atoms with Crippen molar-refractivity contribution >= 4 is 0 Å². The Balaban J connectivity index is 1.58. The van der Waals surface area contributed by atoms with E-state index in [0.29, 0.717) is 12.8 Å². The monoisotopic (exact) mass is 273 g/mol. The van der Waals surface area contributed by atoms with Crippen molar-refractivity contribution in [2.75, 3.05) is 6.79 Å². The Labute approximate surface area is 118 Å². The summed E-state index contributed by atoms with van der Waals surface area (Å²) in [6, 6.07) is 6.31. The molecule has 0 fully saturated rings. The third-order valence-corrected chi connectivity index (χ3v) is 3.34. The zero-order valence-electron chi connectivity index (χ0n) is 11.8. The number of para-hydroxylation sites is 1. The lowest BCUT2D eigenvalue weighted by atomic mass is 10.1. The Bertz CT molecular complexity index is 595. The highest BCUT2D eigenvalue weighted by Crippen LogP contribution is 2.35. The Morgan fingerprint density at radius 2 is 2.30 bits per heavy atom. The van der Waals surface area contributed by atoms with E-state index in [1.807, 2.05) is 29.9 Å². The molecule has 2 aromatic rings. The van der Waals surface area contributed by atoms with Gasteiger partial charge in [0, 0.05) is 24.3 Å². The van der Waals surface area contributed by atoms with Gasteiger partial charge in [-0.3, -0.25) is 4.68 Å². The molecule has 0 spiro atoms. The predicted octanol–water partition coefficient (Wildman–Crippen LogP) is 2.10. The summed E-state index contributed by atoms with van der Waals surface area (Å²) in [5, 5.41) is 7.79. The van der Waals surface area contributed by atoms with Crippen LogP contribution in [0.5, 0.6) is 11.5 Å². The number of nitrogens with one attached hydrogen (secondary N) is 1. The molecule has 0 saturated carbocycles. The van der Waals surface area contributed by atoms with E-state index in [0.717, 1.165) is 30.2 Å². The minimum atomic E-state index is 0.314. The highest BCUT2D eigenvalue weighted by atomic mass is 16.7. The third-order valence-electron chi connectivity index (χ3n) is 3.34. The minimum absolute atomic E-state index is 0.314. The summed E-state index contributed by atoms with van der Waals surface area (Å²) in [4.78, 5) is 0. The number of fused-ring (bicyclic) bond motifs is 1. The van der Waals surface area contributed by atoms with Gasteiger partial charge in [-0.15, -0.1) is 0 Å². The Morgan fingerprint density at radius 1 is 1.40 bits per heavy atom. The second-order valence-corrected chi connectivity index (χ2v) is 5.17. The van der Waals surface area contributed by atoms with E-state index in [4.69, 9.17) is 9.47 Å². The molecule has 1 aromatic heterocycles. The quantitative estimate of drug-likeness (QED) is 0.906. The van der Waals surface area contributed by atoms with Gasteiger partial charge in [-0.2, -0.15) is 5.10 Å². The van der Waals surface area contributed by atoms with E-state index in [2.05, 4.69) is 29.6 Å². The van der Waals surface area contributed by atoms with Crippen LogP contribution in [0.4, 0.5) is 0 Å². The molecule has 3 rings (SSSR count). The van der Waals surface area contributed by atoms with Crippen LogP contribution in [0.2, 0.25) is 0 Å². The van der Waals surface area contributed by atoms with Gasteiger partial charge < -0.3 is 14.8 Å². The Kier molecular flexibility index (Phi) is 3.60. The van der Waals surface area contributed by atoms with Crippen LogP contribution in [0.1, 0.15) is 18.1 Å². The Morgan fingerprint density at radius 3 is 3.10 bits per heavy atom. The van der Waals surface area contributed by atoms with Crippen LogP contribution in [0.25, 0.3) is 0 Å². The highest BCUT2D eigenvalue weighted by molar-refractivity contribution is 5.48. The first-order valence-electron chi connectivity index (χ1n) is 6.82. The van der Waals surface area contributed by atoms with Gasteiger partial charge in [0.05, 0.1) is 12.7 Å². The average molecular weight is 273 g/mol. The van der Waals surface area contributed by atoms with Crippen molar-refractivity contribution in [3.8, 4) is 11.5 Å². The van der Waals surface area contributed by atoms with Gasteiger partial charge in [0.25, 0.3) is 0 Å². The second-order valence-electron chi connectivity index (χ2n) is 5.17. The molecule has 1 aliphatic rings. The summed E-state index contributed by atoms with van der Waals surface area (Å²) in [7, 11) is 0. The van der Waals surface area contributed by atoms with E-state index < -0.39 is 0 Å². The van der Waals surface area contributed by atoms with E-state index in [9.17, 15) is 0 Å². The summed E-state index contributed by atoms with van der Waals surface area (Å²) < 4.78 is 12.8. The maximum absolute atomic E-state index is 5.50. The molecule has 5 nitrogen and oxygen atoms in total. The number of rotatable bonds is 5. The van der Waals surface area contributed by atoms with Gasteiger partial charge in [0.1, 0.15) is 0 Å². The molecular formula is C15H19N3O2. The summed E-state index contributed by atoms with van der Waals surface area (Å²) in [6.45, 7) is 6.12. The number of aryl methyl sites for hydroxylation is 1. The molecule has 106 valence electrons. The fourth-order valence-electron chi connectivity index (χ4n) is 2.33. The normalized spacial score (nSPS) is 14.5. The molecule has 1 unspecified atom stereocenters. The van der Waals surface area contributed by atoms with Crippen LogP contribution in [-0.2, 0) is 13.1 Å². The molecule has 1 aliphatic heterocycles. The van der Waals surface area contributed by atoms with Gasteiger partial charge >= 0.3 is 0 Å². The molecule has 20 heavy (non-hydrogen) atoms. The first kappa shape index (κ1) is 13.0. The molecule has 2 heterocycles. The molecule has 0 bridgehead atoms. The Hall–Kier alpha value is -2.01. The summed E-state index contributed by atoms with van der Waals surface area (Å²) in [5.74, 6) is 1.70. The fraction of sp³-hybridized carbons (Fsp3) is 0.400. The topological polar surface area (TPSA) is 48.3 Å². The lowest BCUT2D eigenvalue weighted by Crippen LogP contribution is -2.30. The van der Waals surface area contributed by atoms with Crippen molar-refractivity contribution in [3.05, 3.63) is 41.7 Å². The molecule has 1 aromatic carbocycles. The summed E-state index contributed by atoms with van der Waals surface area (Å²) in [6.07, 6.45) is 3.93. The summed E-state index contributed by atoms with van der Waals surface area (Å²) >= 11 is 0. The van der Waals surface area contributed by atoms with Crippen LogP contribution in [0, 0.1) is 6.92 Å². The van der Waals surface area contributed by atoms with E-state index >= 15 is 0 Å². The molecule has 0 aliphatic carbocycles. The first-order valence-corrected chi connectivity index (χ1v) is 6.82. The smallest absolute Gasteiger partial charge is 0.231 e. The van der Waals surface area contributed by atoms with E-state index in [1.54, 1.807) is 0 Å². The number of hydrogen-bond acceptors (Lipinski definition) is 4. The van der Waals surface area contributed by atoms with Gasteiger partial charge in [0.15, 0.2) is 11.5 Å². The molecule has 1 N–H and O–H groups in total. The van der Waals surface area contributed by atoms with Gasteiger partial charge in [0.2, 0.25) is 6.79 Å². The molecule has 1 atom stereocenters. The number of aromatic nitrogens is 2. The minimum Gasteiger partial charge on any atom is -0.454 e. The van der Waals surface area contributed by atoms with Crippen LogP contribution in [0.3, 0.4) is 0 Å². The average Bonchev–Trinajstić information content (AvgIpc) is 3.05. The maximum atomic E-state index is 5.50. The van der Waals surface area contributed by atoms with Crippen LogP contribution in [-0.4, -0.2) is 22.6 Å². The van der Waals surface area contributed by atoms with Crippen LogP contribution >= 0.6 is 0 Å². The number of benzene rings is 1. The zero-order chi connectivity index (χ0) is 13.9. The number of ether oxygens (including phenoxy) is 2. The standard InChI is InChI=1S/C15H19N3O2/c1-11-6-17-18(8-11)9-12(2)16-7-13-4-3-5-14-15(13)20-10-19-14/h3-6,8,12,16H,7,9-10H2,1-2H3. The SMILES string of the molecule is Cc1cnn(CC(C)NCc2cccc3c2OCO3)c1. The third kappa shape index (κ3) is 2.77. The molecular weight excluding hydrogens is 254 g/mol. The van der Waals surface area contributed by atoms with Crippen LogP contribution < -0.4 is 14.8 Å². The fourth-order valence-corrected chi connectivity index (χ4v) is 2.33.